The Kier molecular flexibility index (Phi) is 6.64. The number of nitrogens with one attached hydrogen (secondary N) is 2. The first-order valence-electron chi connectivity index (χ1n) is 9.95. The van der Waals surface area contributed by atoms with Gasteiger partial charge in [-0.25, -0.2) is 4.39 Å². The van der Waals surface area contributed by atoms with E-state index in [0.717, 1.165) is 5.56 Å². The van der Waals surface area contributed by atoms with Gasteiger partial charge in [-0.05, 0) is 43.4 Å². The maximum absolute atomic E-state index is 14.0. The Morgan fingerprint density at radius 3 is 2.41 bits per heavy atom. The Hall–Kier alpha value is -2.73. The maximum Gasteiger partial charge on any atom is 0.254 e. The third-order valence-corrected chi connectivity index (χ3v) is 5.80. The molecule has 5 nitrogen and oxygen atoms in total. The average molecular weight is 398 g/mol. The van der Waals surface area contributed by atoms with Gasteiger partial charge in [-0.3, -0.25) is 9.59 Å². The number of amides is 2. The van der Waals surface area contributed by atoms with Crippen LogP contribution in [-0.2, 0) is 10.2 Å². The molecule has 6 heteroatoms. The molecule has 3 N–H and O–H groups in total. The molecule has 1 fully saturated rings. The minimum Gasteiger partial charge on any atom is -0.391 e. The first-order chi connectivity index (χ1) is 13.9. The molecular formula is C23H27FN2O3. The number of halogens is 1. The summed E-state index contributed by atoms with van der Waals surface area (Å²) in [6, 6.07) is 15.4. The van der Waals surface area contributed by atoms with Gasteiger partial charge in [-0.15, -0.1) is 0 Å². The highest BCUT2D eigenvalue weighted by Crippen LogP contribution is 2.38. The van der Waals surface area contributed by atoms with E-state index in [-0.39, 0.29) is 17.5 Å². The van der Waals surface area contributed by atoms with Gasteiger partial charge < -0.3 is 15.7 Å². The molecule has 0 saturated heterocycles. The minimum atomic E-state index is -0.647. The van der Waals surface area contributed by atoms with E-state index < -0.39 is 23.2 Å². The minimum absolute atomic E-state index is 0.0143. The maximum atomic E-state index is 14.0. The number of carbonyl (C=O) groups is 2. The lowest BCUT2D eigenvalue weighted by atomic mass is 9.74. The zero-order valence-corrected chi connectivity index (χ0v) is 16.5. The van der Waals surface area contributed by atoms with Gasteiger partial charge in [0, 0.05) is 18.9 Å². The molecule has 0 heterocycles. The van der Waals surface area contributed by atoms with Crippen molar-refractivity contribution in [2.75, 3.05) is 6.54 Å². The van der Waals surface area contributed by atoms with Crippen LogP contribution >= 0.6 is 0 Å². The number of aliphatic hydroxyl groups excluding tert-OH is 1. The van der Waals surface area contributed by atoms with E-state index in [4.69, 9.17) is 0 Å². The van der Waals surface area contributed by atoms with Gasteiger partial charge in [0.15, 0.2) is 0 Å². The van der Waals surface area contributed by atoms with Gasteiger partial charge in [-0.1, -0.05) is 42.5 Å². The number of aliphatic hydroxyl groups is 1. The van der Waals surface area contributed by atoms with Crippen LogP contribution in [0, 0.1) is 5.82 Å². The van der Waals surface area contributed by atoms with Crippen LogP contribution < -0.4 is 10.6 Å². The summed E-state index contributed by atoms with van der Waals surface area (Å²) in [7, 11) is 0. The number of rotatable bonds is 5. The van der Waals surface area contributed by atoms with Gasteiger partial charge in [-0.2, -0.15) is 0 Å². The molecule has 1 saturated carbocycles. The molecular weight excluding hydrogens is 371 g/mol. The monoisotopic (exact) mass is 398 g/mol. The van der Waals surface area contributed by atoms with Gasteiger partial charge >= 0.3 is 0 Å². The fourth-order valence-electron chi connectivity index (χ4n) is 4.15. The summed E-state index contributed by atoms with van der Waals surface area (Å²) >= 11 is 0. The molecule has 0 bridgehead atoms. The largest absolute Gasteiger partial charge is 0.391 e. The summed E-state index contributed by atoms with van der Waals surface area (Å²) in [5.41, 5.74) is 0.668. The van der Waals surface area contributed by atoms with Crippen molar-refractivity contribution in [3.05, 3.63) is 71.5 Å². The van der Waals surface area contributed by atoms with Crippen molar-refractivity contribution in [2.24, 2.45) is 0 Å². The Labute approximate surface area is 170 Å². The Balaban J connectivity index is 1.83. The van der Waals surface area contributed by atoms with E-state index in [9.17, 15) is 19.1 Å². The molecule has 1 aliphatic rings. The van der Waals surface area contributed by atoms with Crippen LogP contribution in [0.25, 0.3) is 0 Å². The van der Waals surface area contributed by atoms with Gasteiger partial charge in [0.2, 0.25) is 5.91 Å². The van der Waals surface area contributed by atoms with Gasteiger partial charge in [0.05, 0.1) is 17.7 Å². The summed E-state index contributed by atoms with van der Waals surface area (Å²) in [5.74, 6) is -1.18. The molecule has 0 aromatic heterocycles. The molecule has 3 rings (SSSR count). The highest BCUT2D eigenvalue weighted by Gasteiger charge is 2.38. The van der Waals surface area contributed by atoms with Crippen molar-refractivity contribution < 1.29 is 19.1 Å². The SMILES string of the molecule is CC(=O)N[C@H]1CC[C@](CNC(=O)c2ccccc2F)(c2ccccc2)CC[C@@H]1O. The fourth-order valence-corrected chi connectivity index (χ4v) is 4.15. The fraction of sp³-hybridized carbons (Fsp3) is 0.391. The number of benzene rings is 2. The quantitative estimate of drug-likeness (QED) is 0.678. The molecule has 2 aromatic rings. The van der Waals surface area contributed by atoms with Crippen molar-refractivity contribution in [3.8, 4) is 0 Å². The van der Waals surface area contributed by atoms with Gasteiger partial charge in [0.25, 0.3) is 5.91 Å². The van der Waals surface area contributed by atoms with Crippen molar-refractivity contribution in [2.45, 2.75) is 50.2 Å². The smallest absolute Gasteiger partial charge is 0.254 e. The van der Waals surface area contributed by atoms with Crippen molar-refractivity contribution in [1.29, 1.82) is 0 Å². The Bertz CT molecular complexity index is 858. The third kappa shape index (κ3) is 5.01. The zero-order chi connectivity index (χ0) is 20.9. The highest BCUT2D eigenvalue weighted by atomic mass is 19.1. The zero-order valence-electron chi connectivity index (χ0n) is 16.5. The van der Waals surface area contributed by atoms with Crippen LogP contribution in [0.5, 0.6) is 0 Å². The lowest BCUT2D eigenvalue weighted by Gasteiger charge is -2.34. The van der Waals surface area contributed by atoms with Crippen LogP contribution in [-0.4, -0.2) is 35.6 Å². The molecule has 2 aromatic carbocycles. The highest BCUT2D eigenvalue weighted by molar-refractivity contribution is 5.94. The second-order valence-corrected chi connectivity index (χ2v) is 7.76. The number of hydrogen-bond donors (Lipinski definition) is 3. The van der Waals surface area contributed by atoms with Crippen molar-refractivity contribution >= 4 is 11.8 Å². The molecule has 0 spiro atoms. The summed E-state index contributed by atoms with van der Waals surface area (Å²) in [6.45, 7) is 1.76. The van der Waals surface area contributed by atoms with Crippen LogP contribution in [0.15, 0.2) is 54.6 Å². The van der Waals surface area contributed by atoms with E-state index in [1.54, 1.807) is 12.1 Å². The van der Waals surface area contributed by atoms with E-state index in [0.29, 0.717) is 32.2 Å². The summed E-state index contributed by atoms with van der Waals surface area (Å²) < 4.78 is 14.0. The second-order valence-electron chi connectivity index (χ2n) is 7.76. The van der Waals surface area contributed by atoms with Crippen LogP contribution in [0.4, 0.5) is 4.39 Å². The third-order valence-electron chi connectivity index (χ3n) is 5.80. The summed E-state index contributed by atoms with van der Waals surface area (Å²) in [6.07, 6.45) is 1.76. The van der Waals surface area contributed by atoms with E-state index in [1.165, 1.54) is 19.1 Å². The number of hydrogen-bond acceptors (Lipinski definition) is 3. The molecule has 0 aliphatic heterocycles. The van der Waals surface area contributed by atoms with Gasteiger partial charge in [0.1, 0.15) is 5.82 Å². The molecule has 2 amide bonds. The first kappa shape index (κ1) is 21.0. The standard InChI is InChI=1S/C23H27FN2O3/c1-16(27)26-20-11-13-23(14-12-21(20)28,17-7-3-2-4-8-17)15-25-22(29)18-9-5-6-10-19(18)24/h2-10,20-21,28H,11-15H2,1H3,(H,25,29)(H,26,27)/t20-,21-,23-/m0/s1. The lowest BCUT2D eigenvalue weighted by Crippen LogP contribution is -2.42. The molecule has 1 aliphatic carbocycles. The topological polar surface area (TPSA) is 78.4 Å². The predicted molar refractivity (Wildman–Crippen MR) is 109 cm³/mol. The molecule has 0 radical (unpaired) electrons. The van der Waals surface area contributed by atoms with E-state index >= 15 is 0 Å². The molecule has 0 unspecified atom stereocenters. The average Bonchev–Trinajstić information content (AvgIpc) is 2.87. The molecule has 154 valence electrons. The van der Waals surface area contributed by atoms with Crippen molar-refractivity contribution in [3.63, 3.8) is 0 Å². The first-order valence-corrected chi connectivity index (χ1v) is 9.95. The summed E-state index contributed by atoms with van der Waals surface area (Å²) in [5, 5.41) is 16.2. The second kappa shape index (κ2) is 9.18. The van der Waals surface area contributed by atoms with Crippen LogP contribution in [0.2, 0.25) is 0 Å². The molecule has 29 heavy (non-hydrogen) atoms. The predicted octanol–water partition coefficient (Wildman–Crippen LogP) is 2.93. The van der Waals surface area contributed by atoms with Crippen LogP contribution in [0.1, 0.15) is 48.5 Å². The Morgan fingerprint density at radius 2 is 1.72 bits per heavy atom. The number of carbonyl (C=O) groups excluding carboxylic acids is 2. The molecule has 3 atom stereocenters. The lowest BCUT2D eigenvalue weighted by molar-refractivity contribution is -0.120. The van der Waals surface area contributed by atoms with E-state index in [2.05, 4.69) is 10.6 Å². The van der Waals surface area contributed by atoms with Crippen LogP contribution in [0.3, 0.4) is 0 Å². The Morgan fingerprint density at radius 1 is 1.07 bits per heavy atom. The normalized spacial score (nSPS) is 24.4. The van der Waals surface area contributed by atoms with Crippen molar-refractivity contribution in [1.82, 2.24) is 10.6 Å². The summed E-state index contributed by atoms with van der Waals surface area (Å²) in [4.78, 5) is 24.1. The van der Waals surface area contributed by atoms with E-state index in [1.807, 2.05) is 30.3 Å².